The summed E-state index contributed by atoms with van der Waals surface area (Å²) in [6.07, 6.45) is -0.748. The zero-order valence-electron chi connectivity index (χ0n) is 17.2. The van der Waals surface area contributed by atoms with Gasteiger partial charge in [-0.15, -0.1) is 12.4 Å². The lowest BCUT2D eigenvalue weighted by atomic mass is 10.1. The molecule has 0 aromatic heterocycles. The van der Waals surface area contributed by atoms with E-state index in [0.29, 0.717) is 30.0 Å². The van der Waals surface area contributed by atoms with E-state index in [4.69, 9.17) is 20.6 Å². The highest BCUT2D eigenvalue weighted by atomic mass is 35.5. The Morgan fingerprint density at radius 1 is 1.00 bits per heavy atom. The Balaban J connectivity index is 0.00000341. The molecule has 1 amide bonds. The van der Waals surface area contributed by atoms with Crippen LogP contribution < -0.4 is 15.8 Å². The van der Waals surface area contributed by atoms with E-state index in [1.165, 1.54) is 7.11 Å². The molecule has 3 aromatic carbocycles. The molecule has 3 aromatic rings. The SMILES string of the molecule is COC(C(=O)NCc1ccc(C(=N)N)cc1)c1cccc(OCc2ccccc2)c1.Cl. The van der Waals surface area contributed by atoms with Crippen molar-refractivity contribution >= 4 is 24.1 Å². The van der Waals surface area contributed by atoms with Crippen molar-refractivity contribution < 1.29 is 14.3 Å². The first kappa shape index (κ1) is 23.9. The molecule has 0 aliphatic rings. The number of nitrogen functional groups attached to an aromatic ring is 1. The summed E-state index contributed by atoms with van der Waals surface area (Å²) in [6.45, 7) is 0.797. The average Bonchev–Trinajstić information content (AvgIpc) is 2.78. The number of nitrogens with one attached hydrogen (secondary N) is 2. The number of amidine groups is 1. The van der Waals surface area contributed by atoms with Gasteiger partial charge in [-0.25, -0.2) is 0 Å². The van der Waals surface area contributed by atoms with E-state index in [1.807, 2.05) is 66.7 Å². The van der Waals surface area contributed by atoms with Crippen molar-refractivity contribution in [3.8, 4) is 5.75 Å². The third-order valence-corrected chi connectivity index (χ3v) is 4.61. The molecule has 7 heteroatoms. The molecular formula is C24H26ClN3O3. The highest BCUT2D eigenvalue weighted by molar-refractivity contribution is 5.94. The molecule has 0 saturated carbocycles. The van der Waals surface area contributed by atoms with Crippen LogP contribution in [0.3, 0.4) is 0 Å². The van der Waals surface area contributed by atoms with Gasteiger partial charge in [0.15, 0.2) is 6.10 Å². The number of ether oxygens (including phenoxy) is 2. The number of rotatable bonds is 9. The number of halogens is 1. The van der Waals surface area contributed by atoms with Gasteiger partial charge < -0.3 is 20.5 Å². The molecule has 0 aliphatic heterocycles. The number of hydrogen-bond acceptors (Lipinski definition) is 4. The van der Waals surface area contributed by atoms with Gasteiger partial charge in [0.2, 0.25) is 0 Å². The van der Waals surface area contributed by atoms with Gasteiger partial charge in [0, 0.05) is 19.2 Å². The normalized spacial score (nSPS) is 11.1. The smallest absolute Gasteiger partial charge is 0.254 e. The predicted octanol–water partition coefficient (Wildman–Crippen LogP) is 3.98. The fourth-order valence-corrected chi connectivity index (χ4v) is 2.99. The molecule has 0 fully saturated rings. The van der Waals surface area contributed by atoms with Crippen LogP contribution in [0.25, 0.3) is 0 Å². The quantitative estimate of drug-likeness (QED) is 0.347. The van der Waals surface area contributed by atoms with E-state index in [0.717, 1.165) is 11.1 Å². The molecule has 1 atom stereocenters. The molecule has 3 rings (SSSR count). The van der Waals surface area contributed by atoms with Crippen LogP contribution in [0.1, 0.15) is 28.4 Å². The van der Waals surface area contributed by atoms with Gasteiger partial charge in [-0.3, -0.25) is 10.2 Å². The standard InChI is InChI=1S/C24H25N3O3.ClH/c1-29-22(24(28)27-15-17-10-12-19(13-11-17)23(25)26)20-8-5-9-21(14-20)30-16-18-6-3-2-4-7-18;/h2-14,22H,15-16H2,1H3,(H3,25,26)(H,27,28);1H. The van der Waals surface area contributed by atoms with Gasteiger partial charge in [0.1, 0.15) is 18.2 Å². The number of methoxy groups -OCH3 is 1. The largest absolute Gasteiger partial charge is 0.489 e. The van der Waals surface area contributed by atoms with Crippen LogP contribution in [0.4, 0.5) is 0 Å². The average molecular weight is 440 g/mol. The van der Waals surface area contributed by atoms with Gasteiger partial charge in [-0.2, -0.15) is 0 Å². The lowest BCUT2D eigenvalue weighted by molar-refractivity contribution is -0.131. The van der Waals surface area contributed by atoms with Gasteiger partial charge in [-0.05, 0) is 28.8 Å². The third kappa shape index (κ3) is 6.84. The van der Waals surface area contributed by atoms with Crippen LogP contribution >= 0.6 is 12.4 Å². The first-order valence-electron chi connectivity index (χ1n) is 9.57. The van der Waals surface area contributed by atoms with Gasteiger partial charge in [0.05, 0.1) is 0 Å². The molecule has 6 nitrogen and oxygen atoms in total. The van der Waals surface area contributed by atoms with E-state index in [-0.39, 0.29) is 24.1 Å². The summed E-state index contributed by atoms with van der Waals surface area (Å²) >= 11 is 0. The molecular weight excluding hydrogens is 414 g/mol. The van der Waals surface area contributed by atoms with Crippen molar-refractivity contribution in [2.45, 2.75) is 19.3 Å². The third-order valence-electron chi connectivity index (χ3n) is 4.61. The number of benzene rings is 3. The van der Waals surface area contributed by atoms with Crippen molar-refractivity contribution in [3.63, 3.8) is 0 Å². The van der Waals surface area contributed by atoms with E-state index in [1.54, 1.807) is 12.1 Å². The summed E-state index contributed by atoms with van der Waals surface area (Å²) in [5, 5.41) is 10.3. The van der Waals surface area contributed by atoms with E-state index in [2.05, 4.69) is 5.32 Å². The Bertz CT molecular complexity index is 994. The van der Waals surface area contributed by atoms with Crippen LogP contribution in [0.5, 0.6) is 5.75 Å². The Morgan fingerprint density at radius 2 is 1.71 bits per heavy atom. The second kappa shape index (κ2) is 11.7. The number of carbonyl (C=O) groups excluding carboxylic acids is 1. The van der Waals surface area contributed by atoms with Crippen molar-refractivity contribution in [3.05, 3.63) is 101 Å². The molecule has 0 saturated heterocycles. The summed E-state index contributed by atoms with van der Waals surface area (Å²) in [4.78, 5) is 12.7. The minimum Gasteiger partial charge on any atom is -0.489 e. The lowest BCUT2D eigenvalue weighted by Gasteiger charge is -2.17. The highest BCUT2D eigenvalue weighted by Gasteiger charge is 2.20. The minimum atomic E-state index is -0.748. The molecule has 0 spiro atoms. The maximum atomic E-state index is 12.7. The maximum Gasteiger partial charge on any atom is 0.254 e. The Hall–Kier alpha value is -3.35. The molecule has 0 radical (unpaired) electrons. The predicted molar refractivity (Wildman–Crippen MR) is 124 cm³/mol. The number of hydrogen-bond donors (Lipinski definition) is 3. The van der Waals surface area contributed by atoms with E-state index < -0.39 is 6.10 Å². The highest BCUT2D eigenvalue weighted by Crippen LogP contribution is 2.23. The summed E-state index contributed by atoms with van der Waals surface area (Å²) in [5.74, 6) is 0.443. The van der Waals surface area contributed by atoms with Crippen molar-refractivity contribution in [1.82, 2.24) is 5.32 Å². The zero-order chi connectivity index (χ0) is 21.3. The van der Waals surface area contributed by atoms with E-state index >= 15 is 0 Å². The molecule has 0 heterocycles. The first-order chi connectivity index (χ1) is 14.6. The summed E-state index contributed by atoms with van der Waals surface area (Å²) in [5.41, 5.74) is 8.80. The minimum absolute atomic E-state index is 0. The van der Waals surface area contributed by atoms with Crippen LogP contribution in [0.2, 0.25) is 0 Å². The second-order valence-corrected chi connectivity index (χ2v) is 6.79. The zero-order valence-corrected chi connectivity index (χ0v) is 18.0. The molecule has 4 N–H and O–H groups in total. The Kier molecular flexibility index (Phi) is 9.06. The van der Waals surface area contributed by atoms with Crippen molar-refractivity contribution in [2.24, 2.45) is 5.73 Å². The molecule has 31 heavy (non-hydrogen) atoms. The Labute approximate surface area is 188 Å². The molecule has 0 aliphatic carbocycles. The van der Waals surface area contributed by atoms with Crippen LogP contribution in [0, 0.1) is 5.41 Å². The summed E-state index contributed by atoms with van der Waals surface area (Å²) in [7, 11) is 1.50. The Morgan fingerprint density at radius 3 is 2.35 bits per heavy atom. The van der Waals surface area contributed by atoms with E-state index in [9.17, 15) is 4.79 Å². The number of nitrogens with two attached hydrogens (primary N) is 1. The van der Waals surface area contributed by atoms with Crippen molar-refractivity contribution in [1.29, 1.82) is 5.41 Å². The van der Waals surface area contributed by atoms with Gasteiger partial charge in [0.25, 0.3) is 5.91 Å². The fourth-order valence-electron chi connectivity index (χ4n) is 2.99. The van der Waals surface area contributed by atoms with Crippen LogP contribution in [-0.4, -0.2) is 18.9 Å². The molecule has 162 valence electrons. The molecule has 0 bridgehead atoms. The van der Waals surface area contributed by atoms with Crippen LogP contribution in [-0.2, 0) is 22.7 Å². The van der Waals surface area contributed by atoms with Crippen LogP contribution in [0.15, 0.2) is 78.9 Å². The topological polar surface area (TPSA) is 97.4 Å². The maximum absolute atomic E-state index is 12.7. The number of amides is 1. The van der Waals surface area contributed by atoms with Crippen molar-refractivity contribution in [2.75, 3.05) is 7.11 Å². The number of carbonyl (C=O) groups is 1. The summed E-state index contributed by atoms with van der Waals surface area (Å²) < 4.78 is 11.3. The summed E-state index contributed by atoms with van der Waals surface area (Å²) in [6, 6.07) is 24.4. The fraction of sp³-hybridized carbons (Fsp3) is 0.167. The second-order valence-electron chi connectivity index (χ2n) is 6.79. The first-order valence-corrected chi connectivity index (χ1v) is 9.57. The molecule has 1 unspecified atom stereocenters. The van der Waals surface area contributed by atoms with Gasteiger partial charge in [-0.1, -0.05) is 66.7 Å². The monoisotopic (exact) mass is 439 g/mol. The van der Waals surface area contributed by atoms with Gasteiger partial charge >= 0.3 is 0 Å². The lowest BCUT2D eigenvalue weighted by Crippen LogP contribution is -2.30.